The average molecular weight is 215 g/mol. The minimum atomic E-state index is -0.624. The first-order valence-electron chi connectivity index (χ1n) is 4.94. The van der Waals surface area contributed by atoms with Gasteiger partial charge in [-0.25, -0.2) is 8.78 Å². The molecule has 0 aliphatic heterocycles. The Labute approximate surface area is 88.3 Å². The number of rotatable bonds is 5. The van der Waals surface area contributed by atoms with E-state index in [1.54, 1.807) is 0 Å². The van der Waals surface area contributed by atoms with E-state index in [0.717, 1.165) is 12.6 Å². The van der Waals surface area contributed by atoms with Crippen molar-refractivity contribution in [2.75, 3.05) is 13.2 Å². The van der Waals surface area contributed by atoms with Gasteiger partial charge in [0.1, 0.15) is 24.0 Å². The van der Waals surface area contributed by atoms with Crippen LogP contribution in [-0.2, 0) is 0 Å². The van der Waals surface area contributed by atoms with Crippen LogP contribution in [0.25, 0.3) is 0 Å². The maximum absolute atomic E-state index is 12.8. The first-order valence-corrected chi connectivity index (χ1v) is 4.94. The number of ether oxygens (including phenoxy) is 1. The van der Waals surface area contributed by atoms with Crippen LogP contribution in [0.2, 0.25) is 0 Å². The molecule has 0 bridgehead atoms. The molecule has 0 saturated heterocycles. The Balaban J connectivity index is 2.50. The molecule has 0 aliphatic rings. The van der Waals surface area contributed by atoms with Crippen molar-refractivity contribution in [2.45, 2.75) is 19.9 Å². The fourth-order valence-corrected chi connectivity index (χ4v) is 1.24. The van der Waals surface area contributed by atoms with E-state index in [9.17, 15) is 8.78 Å². The van der Waals surface area contributed by atoms with Crippen molar-refractivity contribution in [1.29, 1.82) is 0 Å². The normalized spacial score (nSPS) is 12.5. The van der Waals surface area contributed by atoms with Crippen molar-refractivity contribution in [1.82, 2.24) is 5.32 Å². The molecule has 0 aromatic heterocycles. The third-order valence-electron chi connectivity index (χ3n) is 1.89. The van der Waals surface area contributed by atoms with Crippen LogP contribution < -0.4 is 10.1 Å². The number of hydrogen-bond donors (Lipinski definition) is 1. The summed E-state index contributed by atoms with van der Waals surface area (Å²) in [6.07, 6.45) is 0. The second-order valence-electron chi connectivity index (χ2n) is 3.37. The van der Waals surface area contributed by atoms with Gasteiger partial charge in [0, 0.05) is 24.2 Å². The highest BCUT2D eigenvalue weighted by Gasteiger charge is 2.04. The summed E-state index contributed by atoms with van der Waals surface area (Å²) in [5.41, 5.74) is 0. The summed E-state index contributed by atoms with van der Waals surface area (Å²) in [7, 11) is 0. The zero-order chi connectivity index (χ0) is 11.3. The van der Waals surface area contributed by atoms with E-state index in [-0.39, 0.29) is 11.8 Å². The summed E-state index contributed by atoms with van der Waals surface area (Å²) in [5, 5.41) is 3.13. The van der Waals surface area contributed by atoms with Crippen LogP contribution in [0, 0.1) is 11.6 Å². The third-order valence-corrected chi connectivity index (χ3v) is 1.89. The van der Waals surface area contributed by atoms with Crippen molar-refractivity contribution in [3.05, 3.63) is 29.8 Å². The lowest BCUT2D eigenvalue weighted by atomic mass is 10.3. The Morgan fingerprint density at radius 2 is 1.87 bits per heavy atom. The van der Waals surface area contributed by atoms with E-state index in [1.807, 2.05) is 13.8 Å². The minimum Gasteiger partial charge on any atom is -0.492 e. The van der Waals surface area contributed by atoms with Crippen molar-refractivity contribution >= 4 is 0 Å². The Morgan fingerprint density at radius 3 is 2.40 bits per heavy atom. The molecule has 0 fully saturated rings. The largest absolute Gasteiger partial charge is 0.492 e. The Kier molecular flexibility index (Phi) is 4.49. The van der Waals surface area contributed by atoms with Gasteiger partial charge in [-0.2, -0.15) is 0 Å². The minimum absolute atomic E-state index is 0.154. The summed E-state index contributed by atoms with van der Waals surface area (Å²) >= 11 is 0. The lowest BCUT2D eigenvalue weighted by molar-refractivity contribution is 0.273. The van der Waals surface area contributed by atoms with E-state index >= 15 is 0 Å². The molecule has 0 heterocycles. The second-order valence-corrected chi connectivity index (χ2v) is 3.37. The summed E-state index contributed by atoms with van der Waals surface area (Å²) in [4.78, 5) is 0. The van der Waals surface area contributed by atoms with E-state index in [0.29, 0.717) is 6.61 Å². The van der Waals surface area contributed by atoms with Gasteiger partial charge in [0.2, 0.25) is 0 Å². The molecule has 4 heteroatoms. The SMILES string of the molecule is CCNC(C)COc1cc(F)cc(F)c1. The molecule has 1 atom stereocenters. The fourth-order valence-electron chi connectivity index (χ4n) is 1.24. The van der Waals surface area contributed by atoms with Crippen molar-refractivity contribution in [3.63, 3.8) is 0 Å². The molecule has 0 aliphatic carbocycles. The number of halogens is 2. The molecule has 1 N–H and O–H groups in total. The molecule has 15 heavy (non-hydrogen) atoms. The average Bonchev–Trinajstić information content (AvgIpc) is 2.14. The van der Waals surface area contributed by atoms with Crippen LogP contribution >= 0.6 is 0 Å². The van der Waals surface area contributed by atoms with E-state index in [2.05, 4.69) is 5.32 Å². The van der Waals surface area contributed by atoms with Gasteiger partial charge in [-0.05, 0) is 13.5 Å². The molecule has 2 nitrogen and oxygen atoms in total. The molecular weight excluding hydrogens is 200 g/mol. The lowest BCUT2D eigenvalue weighted by Crippen LogP contribution is -2.31. The van der Waals surface area contributed by atoms with Crippen LogP contribution in [0.4, 0.5) is 8.78 Å². The fraction of sp³-hybridized carbons (Fsp3) is 0.455. The Bertz CT molecular complexity index is 297. The zero-order valence-electron chi connectivity index (χ0n) is 8.89. The molecule has 0 saturated carbocycles. The summed E-state index contributed by atoms with van der Waals surface area (Å²) in [6.45, 7) is 5.15. The summed E-state index contributed by atoms with van der Waals surface area (Å²) in [5.74, 6) is -1.03. The number of hydrogen-bond acceptors (Lipinski definition) is 2. The van der Waals surface area contributed by atoms with Gasteiger partial charge in [0.25, 0.3) is 0 Å². The maximum atomic E-state index is 12.8. The van der Waals surface area contributed by atoms with E-state index < -0.39 is 11.6 Å². The van der Waals surface area contributed by atoms with Crippen molar-refractivity contribution in [2.24, 2.45) is 0 Å². The highest BCUT2D eigenvalue weighted by atomic mass is 19.1. The second kappa shape index (κ2) is 5.66. The predicted octanol–water partition coefficient (Wildman–Crippen LogP) is 2.34. The Morgan fingerprint density at radius 1 is 1.27 bits per heavy atom. The highest BCUT2D eigenvalue weighted by molar-refractivity contribution is 5.23. The monoisotopic (exact) mass is 215 g/mol. The first-order chi connectivity index (χ1) is 7.11. The summed E-state index contributed by atoms with van der Waals surface area (Å²) < 4.78 is 30.8. The van der Waals surface area contributed by atoms with Gasteiger partial charge >= 0.3 is 0 Å². The van der Waals surface area contributed by atoms with Gasteiger partial charge in [-0.3, -0.25) is 0 Å². The predicted molar refractivity (Wildman–Crippen MR) is 55.0 cm³/mol. The molecule has 0 amide bonds. The molecule has 1 aromatic carbocycles. The number of nitrogens with one attached hydrogen (secondary N) is 1. The van der Waals surface area contributed by atoms with Crippen LogP contribution in [0.3, 0.4) is 0 Å². The molecule has 0 radical (unpaired) electrons. The van der Waals surface area contributed by atoms with Crippen molar-refractivity contribution in [3.8, 4) is 5.75 Å². The quantitative estimate of drug-likeness (QED) is 0.814. The number of benzene rings is 1. The van der Waals surface area contributed by atoms with Gasteiger partial charge < -0.3 is 10.1 Å². The lowest BCUT2D eigenvalue weighted by Gasteiger charge is -2.13. The molecule has 1 aromatic rings. The first kappa shape index (κ1) is 11.9. The third kappa shape index (κ3) is 4.25. The maximum Gasteiger partial charge on any atom is 0.129 e. The van der Waals surface area contributed by atoms with Crippen molar-refractivity contribution < 1.29 is 13.5 Å². The van der Waals surface area contributed by atoms with E-state index in [1.165, 1.54) is 12.1 Å². The smallest absolute Gasteiger partial charge is 0.129 e. The van der Waals surface area contributed by atoms with Gasteiger partial charge in [0.05, 0.1) is 0 Å². The Hall–Kier alpha value is -1.16. The van der Waals surface area contributed by atoms with Crippen LogP contribution in [-0.4, -0.2) is 19.2 Å². The topological polar surface area (TPSA) is 21.3 Å². The molecule has 0 spiro atoms. The van der Waals surface area contributed by atoms with Gasteiger partial charge in [0.15, 0.2) is 0 Å². The van der Waals surface area contributed by atoms with Gasteiger partial charge in [-0.15, -0.1) is 0 Å². The molecule has 1 unspecified atom stereocenters. The van der Waals surface area contributed by atoms with Crippen LogP contribution in [0.15, 0.2) is 18.2 Å². The number of likely N-dealkylation sites (N-methyl/N-ethyl adjacent to an activating group) is 1. The molecule has 1 rings (SSSR count). The highest BCUT2D eigenvalue weighted by Crippen LogP contribution is 2.15. The zero-order valence-corrected chi connectivity index (χ0v) is 8.89. The van der Waals surface area contributed by atoms with E-state index in [4.69, 9.17) is 4.74 Å². The standard InChI is InChI=1S/C11H15F2NO/c1-3-14-8(2)7-15-11-5-9(12)4-10(13)6-11/h4-6,8,14H,3,7H2,1-2H3. The van der Waals surface area contributed by atoms with Crippen LogP contribution in [0.5, 0.6) is 5.75 Å². The van der Waals surface area contributed by atoms with Crippen LogP contribution in [0.1, 0.15) is 13.8 Å². The summed E-state index contributed by atoms with van der Waals surface area (Å²) in [6, 6.07) is 3.31. The molecule has 84 valence electrons. The van der Waals surface area contributed by atoms with Gasteiger partial charge in [-0.1, -0.05) is 6.92 Å². The molecular formula is C11H15F2NO.